The Kier molecular flexibility index (Phi) is 4.22. The summed E-state index contributed by atoms with van der Waals surface area (Å²) >= 11 is 0. The average Bonchev–Trinajstić information content (AvgIpc) is 2.18. The van der Waals surface area contributed by atoms with Crippen LogP contribution < -0.4 is 5.32 Å². The lowest BCUT2D eigenvalue weighted by Crippen LogP contribution is -2.41. The number of nitrogens with one attached hydrogen (secondary N) is 1. The van der Waals surface area contributed by atoms with Crippen LogP contribution in [-0.4, -0.2) is 25.2 Å². The molecule has 0 unspecified atom stereocenters. The van der Waals surface area contributed by atoms with Gasteiger partial charge in [-0.25, -0.2) is 0 Å². The highest BCUT2D eigenvalue weighted by Crippen LogP contribution is 2.23. The number of rotatable bonds is 3. The molecule has 1 fully saturated rings. The molecule has 3 heteroatoms. The van der Waals surface area contributed by atoms with E-state index in [9.17, 15) is 4.79 Å². The van der Waals surface area contributed by atoms with Crippen molar-refractivity contribution in [3.8, 4) is 0 Å². The maximum Gasteiger partial charge on any atom is 0.225 e. The summed E-state index contributed by atoms with van der Waals surface area (Å²) in [5.74, 6) is 0.243. The van der Waals surface area contributed by atoms with E-state index in [1.54, 1.807) is 0 Å². The Morgan fingerprint density at radius 3 is 2.92 bits per heavy atom. The van der Waals surface area contributed by atoms with Gasteiger partial charge in [0.05, 0.1) is 12.0 Å². The molecule has 0 aromatic carbocycles. The first kappa shape index (κ1) is 10.5. The van der Waals surface area contributed by atoms with Crippen LogP contribution in [0.2, 0.25) is 0 Å². The van der Waals surface area contributed by atoms with E-state index in [1.165, 1.54) is 0 Å². The average molecular weight is 185 g/mol. The summed E-state index contributed by atoms with van der Waals surface area (Å²) in [5.41, 5.74) is 0. The Morgan fingerprint density at radius 2 is 2.31 bits per heavy atom. The number of hydrogen-bond donors (Lipinski definition) is 1. The molecule has 0 bridgehead atoms. The maximum absolute atomic E-state index is 11.6. The van der Waals surface area contributed by atoms with Crippen LogP contribution >= 0.6 is 0 Å². The van der Waals surface area contributed by atoms with Gasteiger partial charge in [-0.05, 0) is 26.2 Å². The number of carbonyl (C=O) groups excluding carboxylic acids is 1. The van der Waals surface area contributed by atoms with Gasteiger partial charge in [-0.2, -0.15) is 0 Å². The van der Waals surface area contributed by atoms with Crippen LogP contribution in [0.3, 0.4) is 0 Å². The van der Waals surface area contributed by atoms with E-state index in [0.29, 0.717) is 6.54 Å². The van der Waals surface area contributed by atoms with Crippen LogP contribution in [0.1, 0.15) is 33.1 Å². The van der Waals surface area contributed by atoms with Crippen LogP contribution in [0.15, 0.2) is 0 Å². The van der Waals surface area contributed by atoms with Crippen molar-refractivity contribution >= 4 is 5.91 Å². The predicted molar refractivity (Wildman–Crippen MR) is 51.4 cm³/mol. The third kappa shape index (κ3) is 2.69. The number of amides is 1. The van der Waals surface area contributed by atoms with Crippen LogP contribution in [0.25, 0.3) is 0 Å². The van der Waals surface area contributed by atoms with Gasteiger partial charge in [-0.15, -0.1) is 0 Å². The van der Waals surface area contributed by atoms with Crippen molar-refractivity contribution in [1.29, 1.82) is 0 Å². The van der Waals surface area contributed by atoms with E-state index in [4.69, 9.17) is 4.74 Å². The van der Waals surface area contributed by atoms with E-state index in [0.717, 1.165) is 25.9 Å². The quantitative estimate of drug-likeness (QED) is 0.720. The molecular weight excluding hydrogens is 166 g/mol. The van der Waals surface area contributed by atoms with Crippen molar-refractivity contribution in [2.45, 2.75) is 39.2 Å². The third-order valence-corrected chi connectivity index (χ3v) is 2.53. The molecule has 0 radical (unpaired) electrons. The normalized spacial score (nSPS) is 28.5. The molecular formula is C10H19NO2. The molecule has 1 saturated heterocycles. The molecule has 1 N–H and O–H groups in total. The summed E-state index contributed by atoms with van der Waals surface area (Å²) in [4.78, 5) is 11.6. The highest BCUT2D eigenvalue weighted by molar-refractivity contribution is 5.79. The first-order valence-corrected chi connectivity index (χ1v) is 5.18. The smallest absolute Gasteiger partial charge is 0.225 e. The van der Waals surface area contributed by atoms with Crippen LogP contribution in [0.4, 0.5) is 0 Å². The molecule has 1 aliphatic heterocycles. The summed E-state index contributed by atoms with van der Waals surface area (Å²) < 4.78 is 5.55. The first-order chi connectivity index (χ1) is 6.29. The summed E-state index contributed by atoms with van der Waals surface area (Å²) in [7, 11) is 0. The summed E-state index contributed by atoms with van der Waals surface area (Å²) in [5, 5.41) is 2.86. The Bertz CT molecular complexity index is 170. The fourth-order valence-electron chi connectivity index (χ4n) is 1.85. The lowest BCUT2D eigenvalue weighted by molar-refractivity contribution is -0.134. The van der Waals surface area contributed by atoms with Crippen LogP contribution in [-0.2, 0) is 9.53 Å². The number of hydrogen-bond acceptors (Lipinski definition) is 2. The summed E-state index contributed by atoms with van der Waals surface area (Å²) in [6.45, 7) is 5.55. The van der Waals surface area contributed by atoms with Crippen molar-refractivity contribution in [3.05, 3.63) is 0 Å². The van der Waals surface area contributed by atoms with E-state index >= 15 is 0 Å². The predicted octanol–water partition coefficient (Wildman–Crippen LogP) is 1.33. The summed E-state index contributed by atoms with van der Waals surface area (Å²) in [6.07, 6.45) is 3.06. The molecule has 2 atom stereocenters. The second kappa shape index (κ2) is 5.22. The maximum atomic E-state index is 11.6. The van der Waals surface area contributed by atoms with Crippen molar-refractivity contribution in [2.24, 2.45) is 5.92 Å². The molecule has 3 nitrogen and oxygen atoms in total. The standard InChI is InChI=1S/C10H19NO2/c1-3-9-8(6-5-7-13-9)10(12)11-4-2/h8-9H,3-7H2,1-2H3,(H,11,12)/t8-,9-/m0/s1. The SMILES string of the molecule is CCNC(=O)[C@H]1CCCO[C@H]1CC. The minimum Gasteiger partial charge on any atom is -0.377 e. The Labute approximate surface area is 79.8 Å². The van der Waals surface area contributed by atoms with Gasteiger partial charge >= 0.3 is 0 Å². The van der Waals surface area contributed by atoms with Gasteiger partial charge in [0, 0.05) is 13.2 Å². The Hall–Kier alpha value is -0.570. The highest BCUT2D eigenvalue weighted by atomic mass is 16.5. The second-order valence-electron chi connectivity index (χ2n) is 3.46. The Morgan fingerprint density at radius 1 is 1.54 bits per heavy atom. The van der Waals surface area contributed by atoms with Crippen molar-refractivity contribution in [1.82, 2.24) is 5.32 Å². The van der Waals surface area contributed by atoms with E-state index < -0.39 is 0 Å². The van der Waals surface area contributed by atoms with Gasteiger partial charge in [-0.3, -0.25) is 4.79 Å². The van der Waals surface area contributed by atoms with Gasteiger partial charge in [-0.1, -0.05) is 6.92 Å². The molecule has 0 aromatic heterocycles. The largest absolute Gasteiger partial charge is 0.377 e. The molecule has 1 amide bonds. The van der Waals surface area contributed by atoms with Crippen LogP contribution in [0.5, 0.6) is 0 Å². The van der Waals surface area contributed by atoms with Gasteiger partial charge in [0.1, 0.15) is 0 Å². The minimum atomic E-state index is 0.0821. The van der Waals surface area contributed by atoms with Crippen LogP contribution in [0, 0.1) is 5.92 Å². The zero-order chi connectivity index (χ0) is 9.68. The first-order valence-electron chi connectivity index (χ1n) is 5.18. The van der Waals surface area contributed by atoms with Gasteiger partial charge in [0.25, 0.3) is 0 Å². The molecule has 13 heavy (non-hydrogen) atoms. The van der Waals surface area contributed by atoms with E-state index in [2.05, 4.69) is 12.2 Å². The van der Waals surface area contributed by atoms with Crippen molar-refractivity contribution in [2.75, 3.05) is 13.2 Å². The fraction of sp³-hybridized carbons (Fsp3) is 0.900. The second-order valence-corrected chi connectivity index (χ2v) is 3.46. The monoisotopic (exact) mass is 185 g/mol. The molecule has 0 spiro atoms. The molecule has 1 heterocycles. The van der Waals surface area contributed by atoms with Crippen molar-refractivity contribution < 1.29 is 9.53 Å². The minimum absolute atomic E-state index is 0.0821. The van der Waals surface area contributed by atoms with Gasteiger partial charge in [0.15, 0.2) is 0 Å². The van der Waals surface area contributed by atoms with E-state index in [1.807, 2.05) is 6.92 Å². The number of ether oxygens (including phenoxy) is 1. The van der Waals surface area contributed by atoms with Gasteiger partial charge < -0.3 is 10.1 Å². The van der Waals surface area contributed by atoms with E-state index in [-0.39, 0.29) is 17.9 Å². The lowest BCUT2D eigenvalue weighted by atomic mass is 9.92. The highest BCUT2D eigenvalue weighted by Gasteiger charge is 2.29. The molecule has 0 aliphatic carbocycles. The molecule has 1 aliphatic rings. The molecule has 1 rings (SSSR count). The fourth-order valence-corrected chi connectivity index (χ4v) is 1.85. The zero-order valence-electron chi connectivity index (χ0n) is 8.51. The zero-order valence-corrected chi connectivity index (χ0v) is 8.51. The molecule has 0 saturated carbocycles. The number of carbonyl (C=O) groups is 1. The topological polar surface area (TPSA) is 38.3 Å². The lowest BCUT2D eigenvalue weighted by Gasteiger charge is -2.29. The summed E-state index contributed by atoms with van der Waals surface area (Å²) in [6, 6.07) is 0. The Balaban J connectivity index is 2.48. The molecule has 76 valence electrons. The van der Waals surface area contributed by atoms with Crippen molar-refractivity contribution in [3.63, 3.8) is 0 Å². The third-order valence-electron chi connectivity index (χ3n) is 2.53. The van der Waals surface area contributed by atoms with Gasteiger partial charge in [0.2, 0.25) is 5.91 Å². The molecule has 0 aromatic rings.